The zero-order valence-electron chi connectivity index (χ0n) is 31.9. The van der Waals surface area contributed by atoms with Crippen LogP contribution in [0.3, 0.4) is 0 Å². The van der Waals surface area contributed by atoms with Crippen molar-refractivity contribution in [2.24, 2.45) is 0 Å². The number of imide groups is 3. The standard InChI is InChI=1S/C17H20N4O5.C6H7NO4.C4H8.2C3H8.C2H6.C2H4.3H2/c1-9(22)18-7-8-19-11-4-2-3-10-14(11)17(26)21(16(10)25)12-5-6-13(23)20-15(12)24;1-4(8)11-7-5(9)2-3-6(7)10;1-2-4-3-1;2*1-3-2;2*1-2;;;/h2-4,9,12,18-19,22H,5-8H2,1H3,(H,20,23,24);2-3H2,1H3;1-4H2;2*3H2,1-2H3;1-2H3;1-2H2;3*1H. The number of rotatable bonds is 7. The Morgan fingerprint density at radius 3 is 1.86 bits per heavy atom. The van der Waals surface area contributed by atoms with Gasteiger partial charge in [0, 0.05) is 49.2 Å². The van der Waals surface area contributed by atoms with Crippen LogP contribution in [0, 0.1) is 0 Å². The first-order chi connectivity index (χ1) is 24.3. The van der Waals surface area contributed by atoms with E-state index in [2.05, 4.69) is 61.6 Å². The molecule has 2 saturated heterocycles. The van der Waals surface area contributed by atoms with E-state index in [-0.39, 0.29) is 41.1 Å². The molecule has 1 aliphatic carbocycles. The molecule has 3 fully saturated rings. The van der Waals surface area contributed by atoms with Crippen molar-refractivity contribution in [3.63, 3.8) is 0 Å². The van der Waals surface area contributed by atoms with E-state index in [9.17, 15) is 38.7 Å². The van der Waals surface area contributed by atoms with Crippen molar-refractivity contribution < 1.29 is 47.8 Å². The number of anilines is 1. The molecule has 5 rings (SSSR count). The smallest absolute Gasteiger partial charge is 0.330 e. The van der Waals surface area contributed by atoms with Crippen LogP contribution >= 0.6 is 0 Å². The monoisotopic (exact) mass is 725 g/mol. The second kappa shape index (κ2) is 28.3. The molecule has 2 atom stereocenters. The number of piperidine rings is 1. The summed E-state index contributed by atoms with van der Waals surface area (Å²) in [5, 5.41) is 17.8. The molecule has 4 N–H and O–H groups in total. The Kier molecular flexibility index (Phi) is 27.0. The second-order valence-corrected chi connectivity index (χ2v) is 11.2. The zero-order valence-corrected chi connectivity index (χ0v) is 31.9. The average Bonchev–Trinajstić information content (AvgIpc) is 3.51. The van der Waals surface area contributed by atoms with Gasteiger partial charge < -0.3 is 15.3 Å². The number of fused-ring (bicyclic) bond motifs is 1. The van der Waals surface area contributed by atoms with Gasteiger partial charge in [0.15, 0.2) is 0 Å². The molecule has 1 saturated carbocycles. The van der Waals surface area contributed by atoms with E-state index < -0.39 is 53.7 Å². The first-order valence-electron chi connectivity index (χ1n) is 17.9. The molecule has 51 heavy (non-hydrogen) atoms. The maximum absolute atomic E-state index is 12.8. The van der Waals surface area contributed by atoms with Gasteiger partial charge in [-0.25, -0.2) is 4.79 Å². The van der Waals surface area contributed by atoms with Gasteiger partial charge in [-0.2, -0.15) is 0 Å². The van der Waals surface area contributed by atoms with Crippen LogP contribution in [0.2, 0.25) is 0 Å². The van der Waals surface area contributed by atoms with Gasteiger partial charge in [0.1, 0.15) is 12.3 Å². The molecular weight excluding hydrogens is 658 g/mol. The average molecular weight is 726 g/mol. The third-order valence-corrected chi connectivity index (χ3v) is 6.57. The fraction of sp³-hybridized carbons (Fsp3) is 0.595. The minimum Gasteiger partial charge on any atom is -0.383 e. The van der Waals surface area contributed by atoms with Crippen molar-refractivity contribution in [1.82, 2.24) is 20.6 Å². The molecule has 1 aromatic rings. The maximum Gasteiger partial charge on any atom is 0.330 e. The number of carbonyl (C=O) groups excluding carboxylic acids is 7. The van der Waals surface area contributed by atoms with Crippen LogP contribution in [0.1, 0.15) is 145 Å². The summed E-state index contributed by atoms with van der Waals surface area (Å²) in [7, 11) is 0. The molecule has 0 aromatic heterocycles. The SMILES string of the molecule is C1CCC1.C=C.CC.CC(=O)ON1C(=O)CCC1=O.CC(O)NCCNc1cccc2c1C(=O)N(C1CCC(=O)NC1=O)C2=O.CCC.CCC.[HH].[HH].[HH]. The van der Waals surface area contributed by atoms with E-state index in [1.165, 1.54) is 38.5 Å². The summed E-state index contributed by atoms with van der Waals surface area (Å²) >= 11 is 0. The zero-order chi connectivity index (χ0) is 39.5. The van der Waals surface area contributed by atoms with Crippen molar-refractivity contribution in [2.45, 2.75) is 132 Å². The Morgan fingerprint density at radius 1 is 0.922 bits per heavy atom. The minimum atomic E-state index is -0.982. The molecule has 1 aromatic carbocycles. The Hall–Kier alpha value is -4.43. The van der Waals surface area contributed by atoms with E-state index in [0.717, 1.165) is 11.8 Å². The van der Waals surface area contributed by atoms with E-state index >= 15 is 0 Å². The highest BCUT2D eigenvalue weighted by Gasteiger charge is 2.45. The van der Waals surface area contributed by atoms with Crippen molar-refractivity contribution in [3.05, 3.63) is 42.5 Å². The molecule has 0 spiro atoms. The minimum absolute atomic E-state index is 0. The summed E-state index contributed by atoms with van der Waals surface area (Å²) in [5.41, 5.74) is 0.940. The number of carbonyl (C=O) groups is 7. The Labute approximate surface area is 308 Å². The summed E-state index contributed by atoms with van der Waals surface area (Å²) in [6.45, 7) is 22.1. The highest BCUT2D eigenvalue weighted by Crippen LogP contribution is 2.32. The van der Waals surface area contributed by atoms with E-state index in [0.29, 0.717) is 23.8 Å². The number of aliphatic hydroxyl groups is 1. The quantitative estimate of drug-likeness (QED) is 0.112. The van der Waals surface area contributed by atoms with Gasteiger partial charge in [0.25, 0.3) is 23.6 Å². The molecule has 0 bridgehead atoms. The van der Waals surface area contributed by atoms with Crippen LogP contribution < -0.4 is 16.0 Å². The number of amides is 6. The predicted octanol–water partition coefficient (Wildman–Crippen LogP) is 6.00. The molecule has 2 unspecified atom stereocenters. The number of nitrogens with one attached hydrogen (secondary N) is 3. The second-order valence-electron chi connectivity index (χ2n) is 11.2. The van der Waals surface area contributed by atoms with Crippen molar-refractivity contribution in [2.75, 3.05) is 18.4 Å². The van der Waals surface area contributed by atoms with Gasteiger partial charge >= 0.3 is 5.97 Å². The summed E-state index contributed by atoms with van der Waals surface area (Å²) < 4.78 is 0. The Bertz CT molecular complexity index is 1260. The number of hydrogen-bond donors (Lipinski definition) is 4. The Balaban J connectivity index is -0.000000237. The summed E-state index contributed by atoms with van der Waals surface area (Å²) in [5.74, 6) is -3.69. The van der Waals surface area contributed by atoms with E-state index in [4.69, 9.17) is 0 Å². The molecular formula is C37H67N5O9. The lowest BCUT2D eigenvalue weighted by atomic mass is 10.0. The molecule has 0 radical (unpaired) electrons. The molecule has 3 aliphatic heterocycles. The third kappa shape index (κ3) is 17.4. The largest absolute Gasteiger partial charge is 0.383 e. The van der Waals surface area contributed by atoms with Crippen LogP contribution in [0.4, 0.5) is 5.69 Å². The molecule has 4 aliphatic rings. The maximum atomic E-state index is 12.8. The molecule has 14 heteroatoms. The van der Waals surface area contributed by atoms with Gasteiger partial charge in [-0.1, -0.05) is 86.1 Å². The number of aliphatic hydroxyl groups excluding tert-OH is 1. The number of nitrogens with zero attached hydrogens (tertiary/aromatic N) is 2. The van der Waals surface area contributed by atoms with Crippen LogP contribution in [-0.4, -0.2) is 81.8 Å². The molecule has 3 heterocycles. The van der Waals surface area contributed by atoms with Crippen LogP contribution in [0.25, 0.3) is 0 Å². The predicted molar refractivity (Wildman–Crippen MR) is 203 cm³/mol. The molecule has 294 valence electrons. The summed E-state index contributed by atoms with van der Waals surface area (Å²) in [4.78, 5) is 86.0. The highest BCUT2D eigenvalue weighted by molar-refractivity contribution is 6.25. The molecule has 14 nitrogen and oxygen atoms in total. The van der Waals surface area contributed by atoms with Crippen molar-refractivity contribution in [1.29, 1.82) is 0 Å². The normalized spacial score (nSPS) is 17.2. The van der Waals surface area contributed by atoms with Gasteiger partial charge in [0.05, 0.1) is 11.1 Å². The summed E-state index contributed by atoms with van der Waals surface area (Å²) in [6, 6.07) is 3.90. The van der Waals surface area contributed by atoms with Gasteiger partial charge in [-0.05, 0) is 25.5 Å². The first-order valence-corrected chi connectivity index (χ1v) is 17.9. The van der Waals surface area contributed by atoms with Crippen molar-refractivity contribution >= 4 is 47.1 Å². The van der Waals surface area contributed by atoms with E-state index in [1.54, 1.807) is 25.1 Å². The number of benzene rings is 1. The first kappa shape index (κ1) is 48.7. The van der Waals surface area contributed by atoms with Gasteiger partial charge in [-0.3, -0.25) is 44.3 Å². The van der Waals surface area contributed by atoms with Gasteiger partial charge in [0.2, 0.25) is 11.8 Å². The lowest BCUT2D eigenvalue weighted by Gasteiger charge is -2.27. The third-order valence-electron chi connectivity index (χ3n) is 6.57. The fourth-order valence-electron chi connectivity index (χ4n) is 4.18. The number of hydrogen-bond acceptors (Lipinski definition) is 11. The lowest BCUT2D eigenvalue weighted by molar-refractivity contribution is -0.195. The highest BCUT2D eigenvalue weighted by atomic mass is 16.7. The fourth-order valence-corrected chi connectivity index (χ4v) is 4.18. The van der Waals surface area contributed by atoms with Crippen LogP contribution in [0.15, 0.2) is 31.4 Å². The summed E-state index contributed by atoms with van der Waals surface area (Å²) in [6.07, 6.45) is 8.32. The Morgan fingerprint density at radius 2 is 1.43 bits per heavy atom. The molecule has 6 amide bonds. The van der Waals surface area contributed by atoms with Crippen molar-refractivity contribution in [3.8, 4) is 0 Å². The van der Waals surface area contributed by atoms with E-state index in [1.807, 2.05) is 13.8 Å². The lowest BCUT2D eigenvalue weighted by Crippen LogP contribution is -2.54. The van der Waals surface area contributed by atoms with Gasteiger partial charge in [-0.15, -0.1) is 18.2 Å². The topological polar surface area (TPSA) is 192 Å². The van der Waals surface area contributed by atoms with Crippen LogP contribution in [-0.2, 0) is 28.8 Å². The number of hydroxylamine groups is 2. The van der Waals surface area contributed by atoms with Crippen LogP contribution in [0.5, 0.6) is 0 Å².